The Morgan fingerprint density at radius 3 is 2.38 bits per heavy atom. The van der Waals surface area contributed by atoms with Gasteiger partial charge in [0.15, 0.2) is 0 Å². The molecule has 0 spiro atoms. The van der Waals surface area contributed by atoms with Crippen molar-refractivity contribution in [3.63, 3.8) is 0 Å². The van der Waals surface area contributed by atoms with Crippen LogP contribution in [0.5, 0.6) is 0 Å². The molecule has 5 heteroatoms. The van der Waals surface area contributed by atoms with Crippen LogP contribution in [0.25, 0.3) is 0 Å². The second kappa shape index (κ2) is 6.90. The van der Waals surface area contributed by atoms with E-state index < -0.39 is 10.0 Å². The molecule has 2 atom stereocenters. The van der Waals surface area contributed by atoms with Gasteiger partial charge in [0.05, 0.1) is 4.90 Å². The Labute approximate surface area is 128 Å². The van der Waals surface area contributed by atoms with E-state index in [1.807, 2.05) is 19.1 Å². The normalized spacial score (nSPS) is 23.4. The van der Waals surface area contributed by atoms with E-state index in [0.29, 0.717) is 23.4 Å². The highest BCUT2D eigenvalue weighted by Gasteiger charge is 2.28. The zero-order valence-corrected chi connectivity index (χ0v) is 14.0. The number of sulfonamides is 1. The summed E-state index contributed by atoms with van der Waals surface area (Å²) in [6.45, 7) is 2.48. The third kappa shape index (κ3) is 4.28. The van der Waals surface area contributed by atoms with Crippen molar-refractivity contribution in [3.8, 4) is 0 Å². The third-order valence-electron chi connectivity index (χ3n) is 4.40. The van der Waals surface area contributed by atoms with Crippen LogP contribution in [0.15, 0.2) is 29.2 Å². The summed E-state index contributed by atoms with van der Waals surface area (Å²) in [6.07, 6.45) is 4.69. The van der Waals surface area contributed by atoms with Gasteiger partial charge in [-0.1, -0.05) is 30.5 Å². The zero-order chi connectivity index (χ0) is 15.5. The second-order valence-electron chi connectivity index (χ2n) is 6.24. The Morgan fingerprint density at radius 2 is 1.76 bits per heavy atom. The van der Waals surface area contributed by atoms with E-state index in [2.05, 4.69) is 23.7 Å². The molecule has 1 aliphatic rings. The van der Waals surface area contributed by atoms with Gasteiger partial charge in [0.2, 0.25) is 10.0 Å². The fourth-order valence-electron chi connectivity index (χ4n) is 3.12. The molecule has 0 amide bonds. The number of hydrogen-bond donors (Lipinski definition) is 1. The molecule has 21 heavy (non-hydrogen) atoms. The van der Waals surface area contributed by atoms with Crippen LogP contribution in [-0.2, 0) is 10.0 Å². The number of aryl methyl sites for hydroxylation is 1. The van der Waals surface area contributed by atoms with E-state index in [1.165, 1.54) is 12.8 Å². The van der Waals surface area contributed by atoms with Crippen LogP contribution < -0.4 is 4.72 Å². The van der Waals surface area contributed by atoms with Crippen molar-refractivity contribution in [1.29, 1.82) is 0 Å². The SMILES string of the molecule is Cc1ccc(S(=O)(=O)NC[C@@H]2CCCC[C@@H]2N(C)C)cc1. The molecule has 118 valence electrons. The van der Waals surface area contributed by atoms with Crippen molar-refractivity contribution in [2.24, 2.45) is 5.92 Å². The molecule has 0 radical (unpaired) electrons. The molecule has 0 unspecified atom stereocenters. The van der Waals surface area contributed by atoms with Gasteiger partial charge in [-0.3, -0.25) is 0 Å². The Morgan fingerprint density at radius 1 is 1.14 bits per heavy atom. The summed E-state index contributed by atoms with van der Waals surface area (Å²) in [5.41, 5.74) is 1.06. The van der Waals surface area contributed by atoms with Crippen molar-refractivity contribution in [1.82, 2.24) is 9.62 Å². The fraction of sp³-hybridized carbons (Fsp3) is 0.625. The van der Waals surface area contributed by atoms with Gasteiger partial charge in [-0.2, -0.15) is 0 Å². The molecular formula is C16H26N2O2S. The molecule has 1 saturated carbocycles. The monoisotopic (exact) mass is 310 g/mol. The summed E-state index contributed by atoms with van der Waals surface area (Å²) in [6, 6.07) is 7.47. The van der Waals surface area contributed by atoms with Gasteiger partial charge < -0.3 is 4.90 Å². The molecule has 1 N–H and O–H groups in total. The summed E-state index contributed by atoms with van der Waals surface area (Å²) in [4.78, 5) is 2.58. The number of rotatable bonds is 5. The van der Waals surface area contributed by atoms with E-state index >= 15 is 0 Å². The molecule has 0 heterocycles. The average Bonchev–Trinajstić information content (AvgIpc) is 2.46. The van der Waals surface area contributed by atoms with Crippen molar-refractivity contribution in [2.75, 3.05) is 20.6 Å². The fourth-order valence-corrected chi connectivity index (χ4v) is 4.22. The molecule has 1 aromatic rings. The molecule has 1 aliphatic carbocycles. The molecule has 1 aromatic carbocycles. The number of benzene rings is 1. The molecular weight excluding hydrogens is 284 g/mol. The zero-order valence-electron chi connectivity index (χ0n) is 13.2. The first-order valence-electron chi connectivity index (χ1n) is 7.63. The van der Waals surface area contributed by atoms with E-state index in [9.17, 15) is 8.42 Å². The van der Waals surface area contributed by atoms with Gasteiger partial charge in [-0.15, -0.1) is 0 Å². The lowest BCUT2D eigenvalue weighted by molar-refractivity contribution is 0.157. The van der Waals surface area contributed by atoms with Crippen LogP contribution in [0.4, 0.5) is 0 Å². The minimum Gasteiger partial charge on any atom is -0.306 e. The maximum absolute atomic E-state index is 12.3. The van der Waals surface area contributed by atoms with Gasteiger partial charge >= 0.3 is 0 Å². The number of hydrogen-bond acceptors (Lipinski definition) is 3. The van der Waals surface area contributed by atoms with Crippen LogP contribution >= 0.6 is 0 Å². The molecule has 4 nitrogen and oxygen atoms in total. The van der Waals surface area contributed by atoms with Crippen molar-refractivity contribution < 1.29 is 8.42 Å². The van der Waals surface area contributed by atoms with Crippen LogP contribution in [0.2, 0.25) is 0 Å². The third-order valence-corrected chi connectivity index (χ3v) is 5.84. The lowest BCUT2D eigenvalue weighted by Crippen LogP contribution is -2.43. The van der Waals surface area contributed by atoms with Gasteiger partial charge in [-0.25, -0.2) is 13.1 Å². The van der Waals surface area contributed by atoms with Gasteiger partial charge in [0.25, 0.3) is 0 Å². The Bertz CT molecular complexity index is 552. The van der Waals surface area contributed by atoms with Gasteiger partial charge in [0, 0.05) is 12.6 Å². The molecule has 2 rings (SSSR count). The quantitative estimate of drug-likeness (QED) is 0.908. The predicted molar refractivity (Wildman–Crippen MR) is 85.8 cm³/mol. The summed E-state index contributed by atoms with van der Waals surface area (Å²) < 4.78 is 27.5. The molecule has 0 aliphatic heterocycles. The summed E-state index contributed by atoms with van der Waals surface area (Å²) in [7, 11) is 0.768. The van der Waals surface area contributed by atoms with E-state index in [4.69, 9.17) is 0 Å². The van der Waals surface area contributed by atoms with Crippen LogP contribution in [0.1, 0.15) is 31.2 Å². The molecule has 0 saturated heterocycles. The van der Waals surface area contributed by atoms with Crippen LogP contribution in [0, 0.1) is 12.8 Å². The number of nitrogens with one attached hydrogen (secondary N) is 1. The first-order chi connectivity index (χ1) is 9.90. The summed E-state index contributed by atoms with van der Waals surface area (Å²) in [5.74, 6) is 0.397. The van der Waals surface area contributed by atoms with E-state index in [-0.39, 0.29) is 0 Å². The first kappa shape index (κ1) is 16.5. The highest BCUT2D eigenvalue weighted by Crippen LogP contribution is 2.27. The summed E-state index contributed by atoms with van der Waals surface area (Å²) in [5, 5.41) is 0. The minimum atomic E-state index is -3.39. The van der Waals surface area contributed by atoms with E-state index in [1.54, 1.807) is 12.1 Å². The topological polar surface area (TPSA) is 49.4 Å². The lowest BCUT2D eigenvalue weighted by Gasteiger charge is -2.36. The van der Waals surface area contributed by atoms with Crippen molar-refractivity contribution in [2.45, 2.75) is 43.5 Å². The second-order valence-corrected chi connectivity index (χ2v) is 8.01. The standard InChI is InChI=1S/C16H26N2O2S/c1-13-8-10-15(11-9-13)21(19,20)17-12-14-6-4-5-7-16(14)18(2)3/h8-11,14,16-17H,4-7,12H2,1-3H3/t14-,16-/m0/s1. The smallest absolute Gasteiger partial charge is 0.240 e. The largest absolute Gasteiger partial charge is 0.306 e. The number of nitrogens with zero attached hydrogens (tertiary/aromatic N) is 1. The van der Waals surface area contributed by atoms with Crippen LogP contribution in [0.3, 0.4) is 0 Å². The summed E-state index contributed by atoms with van der Waals surface area (Å²) >= 11 is 0. The minimum absolute atomic E-state index is 0.352. The molecule has 1 fully saturated rings. The molecule has 0 bridgehead atoms. The Hall–Kier alpha value is -0.910. The van der Waals surface area contributed by atoms with Crippen molar-refractivity contribution >= 4 is 10.0 Å². The Balaban J connectivity index is 2.02. The Kier molecular flexibility index (Phi) is 5.41. The van der Waals surface area contributed by atoms with Crippen LogP contribution in [-0.4, -0.2) is 40.0 Å². The molecule has 0 aromatic heterocycles. The predicted octanol–water partition coefficient (Wildman–Crippen LogP) is 2.39. The van der Waals surface area contributed by atoms with Crippen molar-refractivity contribution in [3.05, 3.63) is 29.8 Å². The average molecular weight is 310 g/mol. The maximum Gasteiger partial charge on any atom is 0.240 e. The first-order valence-corrected chi connectivity index (χ1v) is 9.11. The van der Waals surface area contributed by atoms with E-state index in [0.717, 1.165) is 18.4 Å². The van der Waals surface area contributed by atoms with Gasteiger partial charge in [-0.05, 0) is 51.9 Å². The lowest BCUT2D eigenvalue weighted by atomic mass is 9.84. The van der Waals surface area contributed by atoms with Gasteiger partial charge in [0.1, 0.15) is 0 Å². The highest BCUT2D eigenvalue weighted by atomic mass is 32.2. The maximum atomic E-state index is 12.3. The highest BCUT2D eigenvalue weighted by molar-refractivity contribution is 7.89.